The summed E-state index contributed by atoms with van der Waals surface area (Å²) in [5.41, 5.74) is 1.73. The van der Waals surface area contributed by atoms with Gasteiger partial charge in [-0.15, -0.1) is 0 Å². The predicted octanol–water partition coefficient (Wildman–Crippen LogP) is 6.72. The van der Waals surface area contributed by atoms with E-state index >= 15 is 0 Å². The number of hydrogen-bond donors (Lipinski definition) is 1. The van der Waals surface area contributed by atoms with Crippen LogP contribution in [0.1, 0.15) is 25.0 Å². The molecule has 11 heteroatoms. The van der Waals surface area contributed by atoms with E-state index in [-0.39, 0.29) is 30.6 Å². The SMILES string of the molecule is CC(C)NC(=O)[C@H](Cc1ccccc1)N(Cc1ccc(Cl)c(Cl)c1)C(=O)CN(c1ccc(Oc2ccccc2)cc1)S(C)(=O)=O. The number of ether oxygens (including phenoxy) is 1. The molecule has 0 saturated heterocycles. The number of carbonyl (C=O) groups excluding carboxylic acids is 2. The van der Waals surface area contributed by atoms with Gasteiger partial charge in [0.1, 0.15) is 24.1 Å². The molecule has 0 heterocycles. The maximum Gasteiger partial charge on any atom is 0.244 e. The molecular formula is C34H35Cl2N3O5S. The average Bonchev–Trinajstić information content (AvgIpc) is 3.00. The average molecular weight is 669 g/mol. The van der Waals surface area contributed by atoms with Gasteiger partial charge >= 0.3 is 0 Å². The molecule has 0 aliphatic carbocycles. The van der Waals surface area contributed by atoms with Crippen LogP contribution < -0.4 is 14.4 Å². The van der Waals surface area contributed by atoms with Gasteiger partial charge in [-0.25, -0.2) is 8.42 Å². The zero-order chi connectivity index (χ0) is 32.6. The predicted molar refractivity (Wildman–Crippen MR) is 179 cm³/mol. The lowest BCUT2D eigenvalue weighted by Gasteiger charge is -2.34. The Balaban J connectivity index is 1.69. The minimum Gasteiger partial charge on any atom is -0.457 e. The lowest BCUT2D eigenvalue weighted by Crippen LogP contribution is -2.54. The minimum absolute atomic E-state index is 0.0137. The highest BCUT2D eigenvalue weighted by Crippen LogP contribution is 2.27. The highest BCUT2D eigenvalue weighted by atomic mass is 35.5. The molecular weight excluding hydrogens is 633 g/mol. The third-order valence-electron chi connectivity index (χ3n) is 6.82. The van der Waals surface area contributed by atoms with E-state index in [1.165, 1.54) is 4.90 Å². The van der Waals surface area contributed by atoms with Gasteiger partial charge in [-0.1, -0.05) is 77.8 Å². The smallest absolute Gasteiger partial charge is 0.244 e. The number of rotatable bonds is 13. The van der Waals surface area contributed by atoms with E-state index in [1.807, 2.05) is 62.4 Å². The van der Waals surface area contributed by atoms with E-state index in [4.69, 9.17) is 27.9 Å². The van der Waals surface area contributed by atoms with Gasteiger partial charge in [-0.05, 0) is 73.5 Å². The molecule has 4 rings (SSSR count). The van der Waals surface area contributed by atoms with Crippen LogP contribution in [0.2, 0.25) is 10.0 Å². The lowest BCUT2D eigenvalue weighted by molar-refractivity contribution is -0.140. The Morgan fingerprint density at radius 2 is 1.40 bits per heavy atom. The first kappa shape index (κ1) is 33.8. The summed E-state index contributed by atoms with van der Waals surface area (Å²) in [4.78, 5) is 29.3. The highest BCUT2D eigenvalue weighted by molar-refractivity contribution is 7.92. The fraction of sp³-hybridized carbons (Fsp3) is 0.235. The van der Waals surface area contributed by atoms with E-state index in [9.17, 15) is 18.0 Å². The van der Waals surface area contributed by atoms with Crippen LogP contribution in [0.4, 0.5) is 5.69 Å². The third kappa shape index (κ3) is 9.72. The molecule has 0 saturated carbocycles. The molecule has 0 spiro atoms. The first-order valence-corrected chi connectivity index (χ1v) is 16.9. The summed E-state index contributed by atoms with van der Waals surface area (Å²) in [6.45, 7) is 3.11. The first-order valence-electron chi connectivity index (χ1n) is 14.3. The molecule has 4 aromatic carbocycles. The molecule has 2 amide bonds. The van der Waals surface area contributed by atoms with Crippen molar-refractivity contribution in [2.24, 2.45) is 0 Å². The highest BCUT2D eigenvalue weighted by Gasteiger charge is 2.33. The summed E-state index contributed by atoms with van der Waals surface area (Å²) in [6, 6.07) is 28.7. The van der Waals surface area contributed by atoms with Crippen LogP contribution in [0.5, 0.6) is 11.5 Å². The summed E-state index contributed by atoms with van der Waals surface area (Å²) in [5.74, 6) is 0.188. The summed E-state index contributed by atoms with van der Waals surface area (Å²) >= 11 is 12.4. The number of anilines is 1. The van der Waals surface area contributed by atoms with Gasteiger partial charge in [-0.3, -0.25) is 13.9 Å². The van der Waals surface area contributed by atoms with Crippen molar-refractivity contribution in [3.8, 4) is 11.5 Å². The van der Waals surface area contributed by atoms with E-state index in [2.05, 4.69) is 5.32 Å². The molecule has 4 aromatic rings. The topological polar surface area (TPSA) is 96.0 Å². The van der Waals surface area contributed by atoms with Crippen LogP contribution in [0.3, 0.4) is 0 Å². The lowest BCUT2D eigenvalue weighted by atomic mass is 10.0. The fourth-order valence-electron chi connectivity index (χ4n) is 4.69. The molecule has 45 heavy (non-hydrogen) atoms. The Bertz CT molecular complexity index is 1700. The van der Waals surface area contributed by atoms with Gasteiger partial charge in [0.05, 0.1) is 22.0 Å². The number of benzene rings is 4. The van der Waals surface area contributed by atoms with E-state index < -0.39 is 28.5 Å². The summed E-state index contributed by atoms with van der Waals surface area (Å²) in [5, 5.41) is 3.56. The monoisotopic (exact) mass is 667 g/mol. The number of para-hydroxylation sites is 1. The number of carbonyl (C=O) groups is 2. The zero-order valence-electron chi connectivity index (χ0n) is 25.2. The third-order valence-corrected chi connectivity index (χ3v) is 8.70. The number of halogens is 2. The van der Waals surface area contributed by atoms with Gasteiger partial charge < -0.3 is 15.0 Å². The van der Waals surface area contributed by atoms with Crippen LogP contribution in [0.15, 0.2) is 103 Å². The first-order chi connectivity index (χ1) is 21.4. The number of hydrogen-bond acceptors (Lipinski definition) is 5. The molecule has 0 unspecified atom stereocenters. The molecule has 1 N–H and O–H groups in total. The van der Waals surface area contributed by atoms with Crippen LogP contribution in [0.25, 0.3) is 0 Å². The molecule has 1 atom stereocenters. The molecule has 0 radical (unpaired) electrons. The second kappa shape index (κ2) is 15.3. The van der Waals surface area contributed by atoms with Crippen LogP contribution in [-0.4, -0.2) is 50.0 Å². The number of nitrogens with one attached hydrogen (secondary N) is 1. The van der Waals surface area contributed by atoms with Crippen molar-refractivity contribution in [1.82, 2.24) is 10.2 Å². The minimum atomic E-state index is -3.92. The molecule has 0 fully saturated rings. The second-order valence-electron chi connectivity index (χ2n) is 10.8. The second-order valence-corrected chi connectivity index (χ2v) is 13.5. The maximum atomic E-state index is 14.2. The Morgan fingerprint density at radius 3 is 1.98 bits per heavy atom. The Labute approximate surface area is 274 Å². The van der Waals surface area contributed by atoms with E-state index in [1.54, 1.807) is 54.6 Å². The normalized spacial score (nSPS) is 12.0. The summed E-state index contributed by atoms with van der Waals surface area (Å²) in [6.07, 6.45) is 1.24. The van der Waals surface area contributed by atoms with E-state index in [0.717, 1.165) is 16.1 Å². The van der Waals surface area contributed by atoms with Crippen LogP contribution in [0, 0.1) is 0 Å². The largest absolute Gasteiger partial charge is 0.457 e. The van der Waals surface area contributed by atoms with Crippen molar-refractivity contribution in [3.63, 3.8) is 0 Å². The van der Waals surface area contributed by atoms with Gasteiger partial charge in [0, 0.05) is 19.0 Å². The van der Waals surface area contributed by atoms with Crippen molar-refractivity contribution in [3.05, 3.63) is 124 Å². The molecule has 8 nitrogen and oxygen atoms in total. The number of amides is 2. The number of nitrogens with zero attached hydrogens (tertiary/aromatic N) is 2. The summed E-state index contributed by atoms with van der Waals surface area (Å²) in [7, 11) is -3.92. The fourth-order valence-corrected chi connectivity index (χ4v) is 5.86. The van der Waals surface area contributed by atoms with Crippen LogP contribution in [-0.2, 0) is 32.6 Å². The molecule has 0 aliphatic rings. The van der Waals surface area contributed by atoms with Crippen molar-refractivity contribution in [2.45, 2.75) is 38.9 Å². The molecule has 0 aromatic heterocycles. The quantitative estimate of drug-likeness (QED) is 0.171. The summed E-state index contributed by atoms with van der Waals surface area (Å²) < 4.78 is 33.0. The number of sulfonamides is 1. The standard InChI is InChI=1S/C34H35Cl2N3O5S/c1-24(2)37-34(41)32(21-25-10-6-4-7-11-25)38(22-26-14-19-30(35)31(36)20-26)33(40)23-39(45(3,42)43)27-15-17-29(18-16-27)44-28-12-8-5-9-13-28/h4-20,24,32H,21-23H2,1-3H3,(H,37,41)/t32-/m0/s1. The maximum absolute atomic E-state index is 14.2. The van der Waals surface area contributed by atoms with Crippen molar-refractivity contribution in [2.75, 3.05) is 17.1 Å². The Morgan fingerprint density at radius 1 is 0.800 bits per heavy atom. The zero-order valence-corrected chi connectivity index (χ0v) is 27.5. The molecule has 0 bridgehead atoms. The molecule has 236 valence electrons. The van der Waals surface area contributed by atoms with E-state index in [0.29, 0.717) is 27.1 Å². The van der Waals surface area contributed by atoms with Gasteiger partial charge in [0.15, 0.2) is 0 Å². The van der Waals surface area contributed by atoms with Crippen molar-refractivity contribution in [1.29, 1.82) is 0 Å². The van der Waals surface area contributed by atoms with Gasteiger partial charge in [0.2, 0.25) is 21.8 Å². The van der Waals surface area contributed by atoms with Gasteiger partial charge in [0.25, 0.3) is 0 Å². The van der Waals surface area contributed by atoms with Crippen LogP contribution >= 0.6 is 23.2 Å². The van der Waals surface area contributed by atoms with Crippen molar-refractivity contribution >= 4 is 50.7 Å². The van der Waals surface area contributed by atoms with Gasteiger partial charge in [-0.2, -0.15) is 0 Å². The van der Waals surface area contributed by atoms with Crippen molar-refractivity contribution < 1.29 is 22.7 Å². The Hall–Kier alpha value is -4.05. The molecule has 0 aliphatic heterocycles. The Kier molecular flexibility index (Phi) is 11.5.